The van der Waals surface area contributed by atoms with E-state index in [4.69, 9.17) is 4.74 Å². The van der Waals surface area contributed by atoms with Crippen molar-refractivity contribution in [3.8, 4) is 0 Å². The third-order valence-electron chi connectivity index (χ3n) is 3.16. The highest BCUT2D eigenvalue weighted by Gasteiger charge is 2.32. The van der Waals surface area contributed by atoms with E-state index in [2.05, 4.69) is 25.7 Å². The topological polar surface area (TPSA) is 29.5 Å². The van der Waals surface area contributed by atoms with E-state index in [1.54, 1.807) is 0 Å². The van der Waals surface area contributed by atoms with Gasteiger partial charge in [0, 0.05) is 6.54 Å². The maximum Gasteiger partial charge on any atom is 0.323 e. The standard InChI is InChI=1S/C12H23NO2/c1-9(2)11(12(14)15-4)13-7-5-6-10(3)8-13/h9-11H,5-8H2,1-4H3/t10-,11+/m0/s1. The van der Waals surface area contributed by atoms with E-state index >= 15 is 0 Å². The van der Waals surface area contributed by atoms with Crippen LogP contribution < -0.4 is 0 Å². The fourth-order valence-electron chi connectivity index (χ4n) is 2.44. The van der Waals surface area contributed by atoms with Crippen molar-refractivity contribution in [3.05, 3.63) is 0 Å². The normalized spacial score (nSPS) is 25.3. The van der Waals surface area contributed by atoms with Gasteiger partial charge in [0.25, 0.3) is 0 Å². The lowest BCUT2D eigenvalue weighted by Gasteiger charge is -2.37. The van der Waals surface area contributed by atoms with Crippen LogP contribution in [0.4, 0.5) is 0 Å². The molecule has 0 radical (unpaired) electrons. The third-order valence-corrected chi connectivity index (χ3v) is 3.16. The number of esters is 1. The van der Waals surface area contributed by atoms with Gasteiger partial charge >= 0.3 is 5.97 Å². The lowest BCUT2D eigenvalue weighted by atomic mass is 9.95. The van der Waals surface area contributed by atoms with Crippen LogP contribution in [0.1, 0.15) is 33.6 Å². The van der Waals surface area contributed by atoms with Crippen molar-refractivity contribution >= 4 is 5.97 Å². The Bertz CT molecular complexity index is 216. The van der Waals surface area contributed by atoms with E-state index in [-0.39, 0.29) is 12.0 Å². The number of hydrogen-bond donors (Lipinski definition) is 0. The zero-order valence-corrected chi connectivity index (χ0v) is 10.3. The summed E-state index contributed by atoms with van der Waals surface area (Å²) in [6.45, 7) is 8.47. The van der Waals surface area contributed by atoms with Crippen molar-refractivity contribution in [2.24, 2.45) is 11.8 Å². The number of carbonyl (C=O) groups is 1. The van der Waals surface area contributed by atoms with E-state index in [1.807, 2.05) is 0 Å². The average molecular weight is 213 g/mol. The maximum atomic E-state index is 11.7. The number of methoxy groups -OCH3 is 1. The Morgan fingerprint density at radius 1 is 1.47 bits per heavy atom. The lowest BCUT2D eigenvalue weighted by Crippen LogP contribution is -2.49. The molecule has 0 unspecified atom stereocenters. The predicted octanol–water partition coefficient (Wildman–Crippen LogP) is 1.92. The van der Waals surface area contributed by atoms with Gasteiger partial charge in [-0.2, -0.15) is 0 Å². The molecule has 0 amide bonds. The second kappa shape index (κ2) is 5.50. The summed E-state index contributed by atoms with van der Waals surface area (Å²) in [6, 6.07) is -0.0576. The summed E-state index contributed by atoms with van der Waals surface area (Å²) in [4.78, 5) is 14.0. The monoisotopic (exact) mass is 213 g/mol. The van der Waals surface area contributed by atoms with Crippen molar-refractivity contribution in [1.29, 1.82) is 0 Å². The minimum atomic E-state index is -0.0842. The minimum absolute atomic E-state index is 0.0576. The minimum Gasteiger partial charge on any atom is -0.468 e. The van der Waals surface area contributed by atoms with Gasteiger partial charge in [-0.1, -0.05) is 20.8 Å². The van der Waals surface area contributed by atoms with Crippen LogP contribution in [0.25, 0.3) is 0 Å². The number of piperidine rings is 1. The maximum absolute atomic E-state index is 11.7. The van der Waals surface area contributed by atoms with Gasteiger partial charge in [0.15, 0.2) is 0 Å². The van der Waals surface area contributed by atoms with Crippen molar-refractivity contribution in [2.75, 3.05) is 20.2 Å². The summed E-state index contributed by atoms with van der Waals surface area (Å²) in [5.41, 5.74) is 0. The largest absolute Gasteiger partial charge is 0.468 e. The van der Waals surface area contributed by atoms with Crippen LogP contribution in [0.2, 0.25) is 0 Å². The van der Waals surface area contributed by atoms with E-state index in [9.17, 15) is 4.79 Å². The van der Waals surface area contributed by atoms with Crippen LogP contribution in [-0.4, -0.2) is 37.1 Å². The molecule has 1 heterocycles. The molecule has 1 saturated heterocycles. The first-order valence-electron chi connectivity index (χ1n) is 5.88. The Kier molecular flexibility index (Phi) is 4.58. The molecular weight excluding hydrogens is 190 g/mol. The van der Waals surface area contributed by atoms with Crippen LogP contribution in [0.15, 0.2) is 0 Å². The van der Waals surface area contributed by atoms with Crippen LogP contribution in [-0.2, 0) is 9.53 Å². The highest BCUT2D eigenvalue weighted by molar-refractivity contribution is 5.76. The van der Waals surface area contributed by atoms with Crippen molar-refractivity contribution in [1.82, 2.24) is 4.90 Å². The second-order valence-corrected chi connectivity index (χ2v) is 4.95. The van der Waals surface area contributed by atoms with Gasteiger partial charge in [0.2, 0.25) is 0 Å². The first-order chi connectivity index (χ1) is 7.06. The van der Waals surface area contributed by atoms with Crippen LogP contribution in [0.5, 0.6) is 0 Å². The summed E-state index contributed by atoms with van der Waals surface area (Å²) in [7, 11) is 1.48. The number of nitrogens with zero attached hydrogens (tertiary/aromatic N) is 1. The van der Waals surface area contributed by atoms with Gasteiger partial charge in [-0.25, -0.2) is 0 Å². The molecular formula is C12H23NO2. The lowest BCUT2D eigenvalue weighted by molar-refractivity contribution is -0.149. The Morgan fingerprint density at radius 2 is 2.13 bits per heavy atom. The van der Waals surface area contributed by atoms with Crippen molar-refractivity contribution < 1.29 is 9.53 Å². The summed E-state index contributed by atoms with van der Waals surface area (Å²) in [5, 5.41) is 0. The third kappa shape index (κ3) is 3.20. The Labute approximate surface area is 92.8 Å². The highest BCUT2D eigenvalue weighted by Crippen LogP contribution is 2.21. The Hall–Kier alpha value is -0.570. The number of carbonyl (C=O) groups excluding carboxylic acids is 1. The fraction of sp³-hybridized carbons (Fsp3) is 0.917. The second-order valence-electron chi connectivity index (χ2n) is 4.95. The Balaban J connectivity index is 2.66. The van der Waals surface area contributed by atoms with Gasteiger partial charge in [0.1, 0.15) is 6.04 Å². The highest BCUT2D eigenvalue weighted by atomic mass is 16.5. The zero-order chi connectivity index (χ0) is 11.4. The average Bonchev–Trinajstić information content (AvgIpc) is 2.17. The zero-order valence-electron chi connectivity index (χ0n) is 10.3. The summed E-state index contributed by atoms with van der Waals surface area (Å²) < 4.78 is 4.88. The van der Waals surface area contributed by atoms with E-state index < -0.39 is 0 Å². The number of ether oxygens (including phenoxy) is 1. The van der Waals surface area contributed by atoms with E-state index in [0.29, 0.717) is 11.8 Å². The van der Waals surface area contributed by atoms with Crippen molar-refractivity contribution in [3.63, 3.8) is 0 Å². The molecule has 0 bridgehead atoms. The molecule has 0 aliphatic carbocycles. The molecule has 1 aliphatic rings. The molecule has 3 heteroatoms. The molecule has 0 aromatic heterocycles. The van der Waals surface area contributed by atoms with Gasteiger partial charge in [0.05, 0.1) is 7.11 Å². The molecule has 2 atom stereocenters. The first-order valence-corrected chi connectivity index (χ1v) is 5.88. The van der Waals surface area contributed by atoms with Crippen LogP contribution in [0.3, 0.4) is 0 Å². The van der Waals surface area contributed by atoms with E-state index in [0.717, 1.165) is 13.1 Å². The summed E-state index contributed by atoms with van der Waals surface area (Å²) >= 11 is 0. The molecule has 0 spiro atoms. The molecule has 0 aromatic carbocycles. The fourth-order valence-corrected chi connectivity index (χ4v) is 2.44. The molecule has 88 valence electrons. The molecule has 0 aromatic rings. The molecule has 0 saturated carbocycles. The molecule has 1 rings (SSSR count). The number of likely N-dealkylation sites (tertiary alicyclic amines) is 1. The first kappa shape index (κ1) is 12.5. The van der Waals surface area contributed by atoms with Gasteiger partial charge in [-0.3, -0.25) is 9.69 Å². The smallest absolute Gasteiger partial charge is 0.323 e. The van der Waals surface area contributed by atoms with Crippen LogP contribution >= 0.6 is 0 Å². The molecule has 3 nitrogen and oxygen atoms in total. The summed E-state index contributed by atoms with van der Waals surface area (Å²) in [5.74, 6) is 0.937. The quantitative estimate of drug-likeness (QED) is 0.671. The van der Waals surface area contributed by atoms with E-state index in [1.165, 1.54) is 20.0 Å². The molecule has 0 N–H and O–H groups in total. The van der Waals surface area contributed by atoms with Gasteiger partial charge in [-0.15, -0.1) is 0 Å². The van der Waals surface area contributed by atoms with Crippen molar-refractivity contribution in [2.45, 2.75) is 39.7 Å². The van der Waals surface area contributed by atoms with Gasteiger partial charge < -0.3 is 4.74 Å². The summed E-state index contributed by atoms with van der Waals surface area (Å²) in [6.07, 6.45) is 2.48. The number of rotatable bonds is 3. The molecule has 15 heavy (non-hydrogen) atoms. The Morgan fingerprint density at radius 3 is 2.60 bits per heavy atom. The number of hydrogen-bond acceptors (Lipinski definition) is 3. The molecule has 1 fully saturated rings. The SMILES string of the molecule is COC(=O)[C@@H](C(C)C)N1CCC[C@H](C)C1. The van der Waals surface area contributed by atoms with Gasteiger partial charge in [-0.05, 0) is 31.2 Å². The predicted molar refractivity (Wildman–Crippen MR) is 60.6 cm³/mol. The van der Waals surface area contributed by atoms with Crippen LogP contribution in [0, 0.1) is 11.8 Å². The molecule has 1 aliphatic heterocycles.